The van der Waals surface area contributed by atoms with Gasteiger partial charge in [0.15, 0.2) is 0 Å². The number of rotatable bonds is 2. The summed E-state index contributed by atoms with van der Waals surface area (Å²) in [6.45, 7) is 7.44. The zero-order valence-electron chi connectivity index (χ0n) is 11.7. The van der Waals surface area contributed by atoms with Crippen LogP contribution in [-0.4, -0.2) is 61.1 Å². The Bertz CT molecular complexity index is 309. The van der Waals surface area contributed by atoms with E-state index in [1.54, 1.807) is 7.05 Å². The Balaban J connectivity index is 2.14. The number of hydrogen-bond donors (Lipinski definition) is 2. The molecule has 18 heavy (non-hydrogen) atoms. The first kappa shape index (κ1) is 14.2. The molecule has 2 unspecified atom stereocenters. The highest BCUT2D eigenvalue weighted by molar-refractivity contribution is 7.99. The first-order chi connectivity index (χ1) is 8.56. The number of likely N-dealkylation sites (N-methyl/N-ethyl adjacent to an activating group) is 1. The third-order valence-corrected chi connectivity index (χ3v) is 5.35. The molecule has 0 radical (unpaired) electrons. The molecule has 0 aromatic rings. The van der Waals surface area contributed by atoms with Gasteiger partial charge in [0, 0.05) is 38.5 Å². The van der Waals surface area contributed by atoms with Gasteiger partial charge in [0.2, 0.25) is 5.91 Å². The molecule has 104 valence electrons. The lowest BCUT2D eigenvalue weighted by Gasteiger charge is -2.49. The van der Waals surface area contributed by atoms with Crippen molar-refractivity contribution in [3.63, 3.8) is 0 Å². The molecule has 5 heteroatoms. The van der Waals surface area contributed by atoms with Crippen LogP contribution in [0, 0.1) is 5.41 Å². The van der Waals surface area contributed by atoms with E-state index in [2.05, 4.69) is 29.4 Å². The normalized spacial score (nSPS) is 33.1. The highest BCUT2D eigenvalue weighted by atomic mass is 32.2. The molecular formula is C13H25N3OS. The fourth-order valence-electron chi connectivity index (χ4n) is 2.97. The van der Waals surface area contributed by atoms with E-state index in [1.165, 1.54) is 12.2 Å². The van der Waals surface area contributed by atoms with Crippen LogP contribution in [0.4, 0.5) is 0 Å². The van der Waals surface area contributed by atoms with Crippen molar-refractivity contribution in [2.75, 3.05) is 38.2 Å². The monoisotopic (exact) mass is 271 g/mol. The average molecular weight is 271 g/mol. The highest BCUT2D eigenvalue weighted by Crippen LogP contribution is 2.38. The van der Waals surface area contributed by atoms with Crippen LogP contribution < -0.4 is 10.6 Å². The second kappa shape index (κ2) is 5.80. The summed E-state index contributed by atoms with van der Waals surface area (Å²) in [6, 6.07) is 0.507. The van der Waals surface area contributed by atoms with E-state index in [9.17, 15) is 4.79 Å². The van der Waals surface area contributed by atoms with Gasteiger partial charge in [-0.1, -0.05) is 13.8 Å². The zero-order chi connectivity index (χ0) is 13.2. The van der Waals surface area contributed by atoms with E-state index in [0.717, 1.165) is 25.4 Å². The Hall–Kier alpha value is -0.260. The maximum absolute atomic E-state index is 12.0. The van der Waals surface area contributed by atoms with Crippen LogP contribution in [-0.2, 0) is 4.79 Å². The molecule has 0 aromatic heterocycles. The molecule has 2 heterocycles. The maximum atomic E-state index is 12.0. The van der Waals surface area contributed by atoms with E-state index in [0.29, 0.717) is 11.5 Å². The van der Waals surface area contributed by atoms with E-state index in [4.69, 9.17) is 0 Å². The molecule has 0 aliphatic carbocycles. The van der Waals surface area contributed by atoms with Gasteiger partial charge >= 0.3 is 0 Å². The third-order valence-electron chi connectivity index (χ3n) is 4.30. The number of carbonyl (C=O) groups is 1. The Kier molecular flexibility index (Phi) is 4.56. The number of nitrogens with zero attached hydrogens (tertiary/aromatic N) is 1. The number of carbonyl (C=O) groups excluding carboxylic acids is 1. The van der Waals surface area contributed by atoms with Crippen molar-refractivity contribution in [2.45, 2.75) is 32.4 Å². The molecule has 0 aromatic carbocycles. The van der Waals surface area contributed by atoms with E-state index >= 15 is 0 Å². The average Bonchev–Trinajstić information content (AvgIpc) is 2.37. The first-order valence-corrected chi connectivity index (χ1v) is 7.97. The lowest BCUT2D eigenvalue weighted by atomic mass is 9.80. The molecule has 2 N–H and O–H groups in total. The van der Waals surface area contributed by atoms with Crippen LogP contribution in [0.1, 0.15) is 20.3 Å². The van der Waals surface area contributed by atoms with Crippen molar-refractivity contribution < 1.29 is 4.79 Å². The summed E-state index contributed by atoms with van der Waals surface area (Å²) >= 11 is 2.03. The third kappa shape index (κ3) is 2.83. The van der Waals surface area contributed by atoms with Crippen LogP contribution in [0.5, 0.6) is 0 Å². The van der Waals surface area contributed by atoms with Crippen molar-refractivity contribution >= 4 is 17.7 Å². The topological polar surface area (TPSA) is 44.4 Å². The minimum Gasteiger partial charge on any atom is -0.358 e. The van der Waals surface area contributed by atoms with Gasteiger partial charge in [-0.2, -0.15) is 11.8 Å². The summed E-state index contributed by atoms with van der Waals surface area (Å²) in [5.41, 5.74) is 0.314. The molecule has 0 bridgehead atoms. The molecule has 0 spiro atoms. The molecule has 2 aliphatic heterocycles. The SMILES string of the molecule is CNC(=O)C1CNCCN1C1CSCCC1(C)C. The molecule has 2 atom stereocenters. The quantitative estimate of drug-likeness (QED) is 0.769. The van der Waals surface area contributed by atoms with Gasteiger partial charge in [-0.15, -0.1) is 0 Å². The van der Waals surface area contributed by atoms with Crippen molar-refractivity contribution in [1.29, 1.82) is 0 Å². The Morgan fingerprint density at radius 2 is 2.28 bits per heavy atom. The van der Waals surface area contributed by atoms with E-state index < -0.39 is 0 Å². The van der Waals surface area contributed by atoms with Gasteiger partial charge in [-0.05, 0) is 17.6 Å². The fraction of sp³-hybridized carbons (Fsp3) is 0.923. The summed E-state index contributed by atoms with van der Waals surface area (Å²) in [4.78, 5) is 14.5. The lowest BCUT2D eigenvalue weighted by molar-refractivity contribution is -0.128. The second-order valence-electron chi connectivity index (χ2n) is 5.90. The van der Waals surface area contributed by atoms with Crippen LogP contribution in [0.2, 0.25) is 0 Å². The van der Waals surface area contributed by atoms with Gasteiger partial charge in [-0.3, -0.25) is 9.69 Å². The molecular weight excluding hydrogens is 246 g/mol. The molecule has 0 saturated carbocycles. The summed E-state index contributed by atoms with van der Waals surface area (Å²) in [5.74, 6) is 2.55. The fourth-order valence-corrected chi connectivity index (χ4v) is 4.67. The molecule has 1 amide bonds. The molecule has 2 fully saturated rings. The van der Waals surface area contributed by atoms with Gasteiger partial charge in [-0.25, -0.2) is 0 Å². The summed E-state index contributed by atoms with van der Waals surface area (Å²) < 4.78 is 0. The van der Waals surface area contributed by atoms with Crippen LogP contribution in [0.3, 0.4) is 0 Å². The van der Waals surface area contributed by atoms with E-state index in [1.807, 2.05) is 11.8 Å². The van der Waals surface area contributed by atoms with Gasteiger partial charge in [0.25, 0.3) is 0 Å². The molecule has 4 nitrogen and oxygen atoms in total. The molecule has 2 saturated heterocycles. The Morgan fingerprint density at radius 1 is 1.50 bits per heavy atom. The number of amides is 1. The predicted octanol–water partition coefficient (Wildman–Crippen LogP) is 0.538. The van der Waals surface area contributed by atoms with E-state index in [-0.39, 0.29) is 11.9 Å². The summed E-state index contributed by atoms with van der Waals surface area (Å²) in [6.07, 6.45) is 1.24. The smallest absolute Gasteiger partial charge is 0.238 e. The first-order valence-electron chi connectivity index (χ1n) is 6.82. The standard InChI is InChI=1S/C13H25N3OS/c1-13(2)4-7-18-9-11(13)16-6-5-15-8-10(16)12(17)14-3/h10-11,15H,4-9H2,1-3H3,(H,14,17). The Labute approximate surface area is 114 Å². The van der Waals surface area contributed by atoms with Crippen LogP contribution in [0.25, 0.3) is 0 Å². The largest absolute Gasteiger partial charge is 0.358 e. The lowest BCUT2D eigenvalue weighted by Crippen LogP contribution is -2.64. The number of piperazine rings is 1. The van der Waals surface area contributed by atoms with Crippen molar-refractivity contribution in [2.24, 2.45) is 5.41 Å². The molecule has 2 rings (SSSR count). The zero-order valence-corrected chi connectivity index (χ0v) is 12.5. The summed E-state index contributed by atoms with van der Waals surface area (Å²) in [7, 11) is 1.73. The van der Waals surface area contributed by atoms with Crippen LogP contribution in [0.15, 0.2) is 0 Å². The Morgan fingerprint density at radius 3 is 2.94 bits per heavy atom. The predicted molar refractivity (Wildman–Crippen MR) is 76.9 cm³/mol. The summed E-state index contributed by atoms with van der Waals surface area (Å²) in [5, 5.41) is 6.14. The van der Waals surface area contributed by atoms with Crippen molar-refractivity contribution in [3.8, 4) is 0 Å². The van der Waals surface area contributed by atoms with Gasteiger partial charge in [0.05, 0.1) is 0 Å². The van der Waals surface area contributed by atoms with Gasteiger partial charge in [0.1, 0.15) is 6.04 Å². The minimum atomic E-state index is -0.00766. The molecule has 2 aliphatic rings. The number of nitrogens with one attached hydrogen (secondary N) is 2. The second-order valence-corrected chi connectivity index (χ2v) is 7.05. The highest BCUT2D eigenvalue weighted by Gasteiger charge is 2.41. The minimum absolute atomic E-state index is 0.00766. The van der Waals surface area contributed by atoms with Gasteiger partial charge < -0.3 is 10.6 Å². The van der Waals surface area contributed by atoms with Crippen molar-refractivity contribution in [3.05, 3.63) is 0 Å². The number of thioether (sulfide) groups is 1. The van der Waals surface area contributed by atoms with Crippen LogP contribution >= 0.6 is 11.8 Å². The maximum Gasteiger partial charge on any atom is 0.238 e. The van der Waals surface area contributed by atoms with Crippen molar-refractivity contribution in [1.82, 2.24) is 15.5 Å². The number of hydrogen-bond acceptors (Lipinski definition) is 4.